The van der Waals surface area contributed by atoms with E-state index < -0.39 is 17.7 Å². The van der Waals surface area contributed by atoms with Gasteiger partial charge in [0, 0.05) is 17.3 Å². The summed E-state index contributed by atoms with van der Waals surface area (Å²) in [5.74, 6) is -1.08. The Morgan fingerprint density at radius 2 is 1.94 bits per heavy atom. The predicted molar refractivity (Wildman–Crippen MR) is 59.4 cm³/mol. The molecule has 0 aliphatic carbocycles. The molecule has 0 bridgehead atoms. The molecule has 0 aliphatic heterocycles. The zero-order valence-corrected chi connectivity index (χ0v) is 9.19. The van der Waals surface area contributed by atoms with Gasteiger partial charge in [-0.3, -0.25) is 4.98 Å². The van der Waals surface area contributed by atoms with E-state index in [-0.39, 0.29) is 11.1 Å². The normalized spacial score (nSPS) is 12.5. The van der Waals surface area contributed by atoms with Crippen LogP contribution in [0.1, 0.15) is 22.8 Å². The van der Waals surface area contributed by atoms with Crippen LogP contribution < -0.4 is 0 Å². The van der Waals surface area contributed by atoms with Gasteiger partial charge in [-0.1, -0.05) is 17.7 Å². The number of pyridine rings is 1. The van der Waals surface area contributed by atoms with Crippen molar-refractivity contribution in [1.82, 2.24) is 4.98 Å². The monoisotopic (exact) mass is 235 g/mol. The van der Waals surface area contributed by atoms with Gasteiger partial charge in [0.1, 0.15) is 17.7 Å². The highest BCUT2D eigenvalue weighted by Gasteiger charge is 2.15. The smallest absolute Gasteiger partial charge is 0.141 e. The molecule has 2 aromatic rings. The van der Waals surface area contributed by atoms with Gasteiger partial charge in [0.2, 0.25) is 0 Å². The molecule has 2 nitrogen and oxygen atoms in total. The Hall–Kier alpha value is -1.81. The number of hydrogen-bond acceptors (Lipinski definition) is 2. The first-order chi connectivity index (χ1) is 8.08. The molecule has 1 N–H and O–H groups in total. The van der Waals surface area contributed by atoms with E-state index in [0.717, 1.165) is 17.8 Å². The molecular formula is C13H11F2NO. The summed E-state index contributed by atoms with van der Waals surface area (Å²) in [6, 6.07) is 5.56. The van der Waals surface area contributed by atoms with Crippen molar-refractivity contribution in [3.05, 3.63) is 65.0 Å². The van der Waals surface area contributed by atoms with Crippen LogP contribution in [0.4, 0.5) is 8.78 Å². The molecule has 0 fully saturated rings. The SMILES string of the molecule is Cc1ccc(F)c(C(O)c2cncc(F)c2)c1. The predicted octanol–water partition coefficient (Wildman–Crippen LogP) is 2.75. The van der Waals surface area contributed by atoms with Crippen molar-refractivity contribution >= 4 is 0 Å². The molecule has 0 aliphatic rings. The lowest BCUT2D eigenvalue weighted by molar-refractivity contribution is 0.214. The molecule has 1 heterocycles. The average Bonchev–Trinajstić information content (AvgIpc) is 2.31. The summed E-state index contributed by atoms with van der Waals surface area (Å²) in [4.78, 5) is 3.63. The van der Waals surface area contributed by atoms with Crippen molar-refractivity contribution in [2.24, 2.45) is 0 Å². The lowest BCUT2D eigenvalue weighted by Gasteiger charge is -2.12. The van der Waals surface area contributed by atoms with Gasteiger partial charge in [-0.05, 0) is 19.1 Å². The summed E-state index contributed by atoms with van der Waals surface area (Å²) < 4.78 is 26.5. The van der Waals surface area contributed by atoms with Gasteiger partial charge in [0.25, 0.3) is 0 Å². The Morgan fingerprint density at radius 1 is 1.18 bits per heavy atom. The van der Waals surface area contributed by atoms with Crippen LogP contribution in [0.5, 0.6) is 0 Å². The van der Waals surface area contributed by atoms with Gasteiger partial charge in [0.15, 0.2) is 0 Å². The number of aliphatic hydroxyl groups is 1. The molecule has 1 aromatic heterocycles. The van der Waals surface area contributed by atoms with Gasteiger partial charge in [0.05, 0.1) is 6.20 Å². The number of aliphatic hydroxyl groups excluding tert-OH is 1. The van der Waals surface area contributed by atoms with Gasteiger partial charge < -0.3 is 5.11 Å². The number of benzene rings is 1. The molecule has 1 aromatic carbocycles. The molecule has 0 amide bonds. The van der Waals surface area contributed by atoms with Crippen molar-refractivity contribution in [1.29, 1.82) is 0 Å². The van der Waals surface area contributed by atoms with Crippen LogP contribution >= 0.6 is 0 Å². The van der Waals surface area contributed by atoms with Crippen molar-refractivity contribution in [2.45, 2.75) is 13.0 Å². The summed E-state index contributed by atoms with van der Waals surface area (Å²) in [5.41, 5.74) is 1.18. The van der Waals surface area contributed by atoms with E-state index in [9.17, 15) is 13.9 Å². The molecule has 0 spiro atoms. The Bertz CT molecular complexity index is 543. The fraction of sp³-hybridized carbons (Fsp3) is 0.154. The quantitative estimate of drug-likeness (QED) is 0.868. The number of halogens is 2. The largest absolute Gasteiger partial charge is 0.383 e. The van der Waals surface area contributed by atoms with Crippen LogP contribution in [-0.4, -0.2) is 10.1 Å². The Morgan fingerprint density at radius 3 is 2.65 bits per heavy atom. The molecule has 4 heteroatoms. The summed E-state index contributed by atoms with van der Waals surface area (Å²) in [6.45, 7) is 1.79. The van der Waals surface area contributed by atoms with E-state index in [2.05, 4.69) is 4.98 Å². The maximum absolute atomic E-state index is 13.5. The third-order valence-electron chi connectivity index (χ3n) is 2.49. The maximum atomic E-state index is 13.5. The minimum absolute atomic E-state index is 0.123. The fourth-order valence-corrected chi connectivity index (χ4v) is 1.63. The lowest BCUT2D eigenvalue weighted by Crippen LogP contribution is -2.04. The van der Waals surface area contributed by atoms with E-state index >= 15 is 0 Å². The lowest BCUT2D eigenvalue weighted by atomic mass is 10.0. The molecular weight excluding hydrogens is 224 g/mol. The van der Waals surface area contributed by atoms with Crippen molar-refractivity contribution in [2.75, 3.05) is 0 Å². The Balaban J connectivity index is 2.43. The van der Waals surface area contributed by atoms with Gasteiger partial charge >= 0.3 is 0 Å². The van der Waals surface area contributed by atoms with Crippen LogP contribution in [0, 0.1) is 18.6 Å². The molecule has 0 saturated carbocycles. The Labute approximate surface area is 97.6 Å². The van der Waals surface area contributed by atoms with E-state index in [0.29, 0.717) is 0 Å². The second kappa shape index (κ2) is 4.59. The van der Waals surface area contributed by atoms with E-state index in [4.69, 9.17) is 0 Å². The van der Waals surface area contributed by atoms with Gasteiger partial charge in [-0.25, -0.2) is 8.78 Å². The maximum Gasteiger partial charge on any atom is 0.141 e. The number of nitrogens with zero attached hydrogens (tertiary/aromatic N) is 1. The summed E-state index contributed by atoms with van der Waals surface area (Å²) in [7, 11) is 0. The molecule has 17 heavy (non-hydrogen) atoms. The second-order valence-electron chi connectivity index (χ2n) is 3.86. The van der Waals surface area contributed by atoms with Crippen LogP contribution in [0.3, 0.4) is 0 Å². The first kappa shape index (κ1) is 11.7. The third-order valence-corrected chi connectivity index (χ3v) is 2.49. The van der Waals surface area contributed by atoms with Crippen LogP contribution in [-0.2, 0) is 0 Å². The molecule has 0 saturated heterocycles. The minimum atomic E-state index is -1.21. The zero-order valence-electron chi connectivity index (χ0n) is 9.19. The van der Waals surface area contributed by atoms with Crippen molar-refractivity contribution in [3.63, 3.8) is 0 Å². The number of hydrogen-bond donors (Lipinski definition) is 1. The van der Waals surface area contributed by atoms with Crippen molar-refractivity contribution in [3.8, 4) is 0 Å². The standard InChI is InChI=1S/C13H11F2NO/c1-8-2-3-12(15)11(4-8)13(17)9-5-10(14)7-16-6-9/h2-7,13,17H,1H3. The topological polar surface area (TPSA) is 33.1 Å². The van der Waals surface area contributed by atoms with Crippen LogP contribution in [0.25, 0.3) is 0 Å². The molecule has 0 radical (unpaired) electrons. The highest BCUT2D eigenvalue weighted by molar-refractivity contribution is 5.32. The molecule has 2 rings (SSSR count). The molecule has 1 unspecified atom stereocenters. The van der Waals surface area contributed by atoms with Crippen LogP contribution in [0.2, 0.25) is 0 Å². The van der Waals surface area contributed by atoms with Crippen LogP contribution in [0.15, 0.2) is 36.7 Å². The zero-order chi connectivity index (χ0) is 12.4. The minimum Gasteiger partial charge on any atom is -0.383 e. The second-order valence-corrected chi connectivity index (χ2v) is 3.86. The number of rotatable bonds is 2. The number of aromatic nitrogens is 1. The van der Waals surface area contributed by atoms with Gasteiger partial charge in [-0.15, -0.1) is 0 Å². The van der Waals surface area contributed by atoms with E-state index in [1.54, 1.807) is 13.0 Å². The highest BCUT2D eigenvalue weighted by atomic mass is 19.1. The van der Waals surface area contributed by atoms with Gasteiger partial charge in [-0.2, -0.15) is 0 Å². The fourth-order valence-electron chi connectivity index (χ4n) is 1.63. The molecule has 1 atom stereocenters. The summed E-state index contributed by atoms with van der Waals surface area (Å²) in [6.07, 6.45) is 1.14. The van der Waals surface area contributed by atoms with E-state index in [1.165, 1.54) is 18.3 Å². The summed E-state index contributed by atoms with van der Waals surface area (Å²) >= 11 is 0. The average molecular weight is 235 g/mol. The molecule has 88 valence electrons. The highest BCUT2D eigenvalue weighted by Crippen LogP contribution is 2.24. The first-order valence-electron chi connectivity index (χ1n) is 5.12. The first-order valence-corrected chi connectivity index (χ1v) is 5.12. The van der Waals surface area contributed by atoms with E-state index in [1.807, 2.05) is 0 Å². The Kier molecular flexibility index (Phi) is 3.15. The number of aryl methyl sites for hydroxylation is 1. The van der Waals surface area contributed by atoms with Crippen molar-refractivity contribution < 1.29 is 13.9 Å². The summed E-state index contributed by atoms with van der Waals surface area (Å²) in [5, 5.41) is 9.97. The third kappa shape index (κ3) is 2.47.